The molecule has 6 nitrogen and oxygen atoms in total. The second-order valence-electron chi connectivity index (χ2n) is 4.15. The lowest BCUT2D eigenvalue weighted by Crippen LogP contribution is -2.33. The van der Waals surface area contributed by atoms with Crippen molar-refractivity contribution in [2.24, 2.45) is 0 Å². The molecule has 7 heteroatoms. The van der Waals surface area contributed by atoms with Gasteiger partial charge in [-0.05, 0) is 24.3 Å². The van der Waals surface area contributed by atoms with Gasteiger partial charge < -0.3 is 15.0 Å². The van der Waals surface area contributed by atoms with E-state index in [0.717, 1.165) is 5.75 Å². The molecular formula is C13H14N2O4S. The van der Waals surface area contributed by atoms with E-state index in [1.54, 1.807) is 24.3 Å². The Labute approximate surface area is 120 Å². The zero-order chi connectivity index (χ0) is 14.5. The first-order valence-corrected chi connectivity index (χ1v) is 6.98. The number of nitrogens with zero attached hydrogens (tertiary/aromatic N) is 1. The highest BCUT2D eigenvalue weighted by Crippen LogP contribution is 2.17. The second-order valence-corrected chi connectivity index (χ2v) is 5.20. The van der Waals surface area contributed by atoms with Crippen molar-refractivity contribution in [3.8, 4) is 0 Å². The molecule has 1 aromatic carbocycles. The fourth-order valence-electron chi connectivity index (χ4n) is 1.75. The van der Waals surface area contributed by atoms with Gasteiger partial charge >= 0.3 is 5.97 Å². The van der Waals surface area contributed by atoms with Gasteiger partial charge in [-0.1, -0.05) is 11.8 Å². The lowest BCUT2D eigenvalue weighted by molar-refractivity contribution is -0.116. The number of esters is 1. The summed E-state index contributed by atoms with van der Waals surface area (Å²) in [6.45, 7) is 0.642. The lowest BCUT2D eigenvalue weighted by atomic mass is 10.2. The molecule has 1 saturated heterocycles. The maximum absolute atomic E-state index is 11.8. The van der Waals surface area contributed by atoms with E-state index in [4.69, 9.17) is 0 Å². The largest absolute Gasteiger partial charge is 0.465 e. The smallest absolute Gasteiger partial charge is 0.337 e. The summed E-state index contributed by atoms with van der Waals surface area (Å²) in [5.41, 5.74) is 0.985. The van der Waals surface area contributed by atoms with Crippen molar-refractivity contribution in [1.82, 2.24) is 4.90 Å². The third-order valence-corrected chi connectivity index (χ3v) is 3.66. The number of amides is 2. The number of thioether (sulfide) groups is 1. The minimum Gasteiger partial charge on any atom is -0.465 e. The molecule has 2 rings (SSSR count). The van der Waals surface area contributed by atoms with Crippen LogP contribution in [0.3, 0.4) is 0 Å². The van der Waals surface area contributed by atoms with Crippen LogP contribution in [0.1, 0.15) is 10.4 Å². The van der Waals surface area contributed by atoms with E-state index in [1.165, 1.54) is 23.8 Å². The molecule has 0 saturated carbocycles. The van der Waals surface area contributed by atoms with Crippen LogP contribution < -0.4 is 5.32 Å². The summed E-state index contributed by atoms with van der Waals surface area (Å²) < 4.78 is 4.58. The van der Waals surface area contributed by atoms with E-state index in [2.05, 4.69) is 10.1 Å². The van der Waals surface area contributed by atoms with E-state index in [0.29, 0.717) is 17.8 Å². The van der Waals surface area contributed by atoms with Gasteiger partial charge in [0, 0.05) is 18.0 Å². The van der Waals surface area contributed by atoms with Crippen molar-refractivity contribution in [2.45, 2.75) is 0 Å². The normalized spacial score (nSPS) is 14.2. The number of hydrogen-bond acceptors (Lipinski definition) is 5. The van der Waals surface area contributed by atoms with E-state index in [1.807, 2.05) is 0 Å². The fourth-order valence-corrected chi connectivity index (χ4v) is 2.58. The second kappa shape index (κ2) is 6.42. The SMILES string of the molecule is COC(=O)c1ccc(NC(=O)CN2CCSC2=O)cc1. The summed E-state index contributed by atoms with van der Waals surface area (Å²) in [4.78, 5) is 35.9. The third-order valence-electron chi connectivity index (χ3n) is 2.77. The summed E-state index contributed by atoms with van der Waals surface area (Å²) in [5.74, 6) is 0.0363. The zero-order valence-corrected chi connectivity index (χ0v) is 11.7. The van der Waals surface area contributed by atoms with Crippen molar-refractivity contribution in [2.75, 3.05) is 31.3 Å². The van der Waals surface area contributed by atoms with Gasteiger partial charge in [-0.25, -0.2) is 4.79 Å². The van der Waals surface area contributed by atoms with E-state index in [-0.39, 0.29) is 17.7 Å². The third kappa shape index (κ3) is 3.51. The molecule has 1 heterocycles. The first-order chi connectivity index (χ1) is 9.60. The van der Waals surface area contributed by atoms with Gasteiger partial charge in [0.1, 0.15) is 6.54 Å². The van der Waals surface area contributed by atoms with E-state index < -0.39 is 5.97 Å². The number of benzene rings is 1. The standard InChI is InChI=1S/C13H14N2O4S/c1-19-12(17)9-2-4-10(5-3-9)14-11(16)8-15-6-7-20-13(15)18/h2-5H,6-8H2,1H3,(H,14,16). The number of nitrogens with one attached hydrogen (secondary N) is 1. The summed E-state index contributed by atoms with van der Waals surface area (Å²) in [5, 5.41) is 2.61. The van der Waals surface area contributed by atoms with Crippen molar-refractivity contribution >= 4 is 34.6 Å². The van der Waals surface area contributed by atoms with Gasteiger partial charge in [-0.15, -0.1) is 0 Å². The van der Waals surface area contributed by atoms with Crippen LogP contribution in [0.25, 0.3) is 0 Å². The van der Waals surface area contributed by atoms with Crippen LogP contribution in [0.2, 0.25) is 0 Å². The Kier molecular flexibility index (Phi) is 4.62. The van der Waals surface area contributed by atoms with Crippen LogP contribution in [0, 0.1) is 0 Å². The van der Waals surface area contributed by atoms with Crippen molar-refractivity contribution < 1.29 is 19.1 Å². The number of carbonyl (C=O) groups is 3. The van der Waals surface area contributed by atoms with Crippen molar-refractivity contribution in [3.63, 3.8) is 0 Å². The maximum atomic E-state index is 11.8. The molecule has 1 aliphatic rings. The average molecular weight is 294 g/mol. The van der Waals surface area contributed by atoms with Gasteiger partial charge in [-0.3, -0.25) is 9.59 Å². The molecule has 0 atom stereocenters. The Morgan fingerprint density at radius 1 is 1.35 bits per heavy atom. The van der Waals surface area contributed by atoms with Crippen molar-refractivity contribution in [3.05, 3.63) is 29.8 Å². The van der Waals surface area contributed by atoms with Crippen LogP contribution in [-0.4, -0.2) is 48.0 Å². The van der Waals surface area contributed by atoms with Crippen LogP contribution in [-0.2, 0) is 9.53 Å². The Bertz CT molecular complexity index is 530. The molecule has 1 aliphatic heterocycles. The van der Waals surface area contributed by atoms with E-state index >= 15 is 0 Å². The topological polar surface area (TPSA) is 75.7 Å². The Balaban J connectivity index is 1.91. The molecule has 0 radical (unpaired) electrons. The van der Waals surface area contributed by atoms with Gasteiger partial charge in [0.15, 0.2) is 0 Å². The maximum Gasteiger partial charge on any atom is 0.337 e. The lowest BCUT2D eigenvalue weighted by Gasteiger charge is -2.14. The van der Waals surface area contributed by atoms with Crippen LogP contribution >= 0.6 is 11.8 Å². The summed E-state index contributed by atoms with van der Waals surface area (Å²) in [7, 11) is 1.31. The quantitative estimate of drug-likeness (QED) is 0.853. The fraction of sp³-hybridized carbons (Fsp3) is 0.308. The van der Waals surface area contributed by atoms with Crippen LogP contribution in [0.15, 0.2) is 24.3 Å². The molecule has 106 valence electrons. The molecule has 20 heavy (non-hydrogen) atoms. The highest BCUT2D eigenvalue weighted by molar-refractivity contribution is 8.13. The predicted octanol–water partition coefficient (Wildman–Crippen LogP) is 1.58. The molecule has 1 N–H and O–H groups in total. The Morgan fingerprint density at radius 2 is 2.05 bits per heavy atom. The summed E-state index contributed by atoms with van der Waals surface area (Å²) in [6, 6.07) is 6.37. The number of ether oxygens (including phenoxy) is 1. The molecule has 1 fully saturated rings. The predicted molar refractivity (Wildman–Crippen MR) is 75.8 cm³/mol. The molecule has 0 aliphatic carbocycles. The highest BCUT2D eigenvalue weighted by atomic mass is 32.2. The summed E-state index contributed by atoms with van der Waals surface area (Å²) >= 11 is 1.22. The first-order valence-electron chi connectivity index (χ1n) is 6.00. The molecule has 2 amide bonds. The summed E-state index contributed by atoms with van der Waals surface area (Å²) in [6.07, 6.45) is 0. The molecule has 0 spiro atoms. The van der Waals surface area contributed by atoms with Crippen LogP contribution in [0.5, 0.6) is 0 Å². The molecule has 0 aromatic heterocycles. The number of hydrogen-bond donors (Lipinski definition) is 1. The highest BCUT2D eigenvalue weighted by Gasteiger charge is 2.23. The van der Waals surface area contributed by atoms with Gasteiger partial charge in [0.05, 0.1) is 12.7 Å². The molecule has 0 unspecified atom stereocenters. The molecule has 0 bridgehead atoms. The monoisotopic (exact) mass is 294 g/mol. The number of methoxy groups -OCH3 is 1. The Hall–Kier alpha value is -2.02. The van der Waals surface area contributed by atoms with Gasteiger partial charge in [-0.2, -0.15) is 0 Å². The van der Waals surface area contributed by atoms with Crippen LogP contribution in [0.4, 0.5) is 10.5 Å². The average Bonchev–Trinajstić information content (AvgIpc) is 2.84. The van der Waals surface area contributed by atoms with E-state index in [9.17, 15) is 14.4 Å². The molecular weight excluding hydrogens is 280 g/mol. The zero-order valence-electron chi connectivity index (χ0n) is 10.9. The number of rotatable bonds is 4. The number of carbonyl (C=O) groups excluding carboxylic acids is 3. The van der Waals surface area contributed by atoms with Gasteiger partial charge in [0.2, 0.25) is 5.91 Å². The minimum atomic E-state index is -0.428. The first kappa shape index (κ1) is 14.4. The van der Waals surface area contributed by atoms with Crippen molar-refractivity contribution in [1.29, 1.82) is 0 Å². The minimum absolute atomic E-state index is 0.0462. The Morgan fingerprint density at radius 3 is 2.60 bits per heavy atom. The van der Waals surface area contributed by atoms with Gasteiger partial charge in [0.25, 0.3) is 5.24 Å². The number of anilines is 1. The molecule has 1 aromatic rings.